The van der Waals surface area contributed by atoms with E-state index in [1.54, 1.807) is 6.20 Å². The predicted molar refractivity (Wildman–Crippen MR) is 78.1 cm³/mol. The molecule has 0 fully saturated rings. The number of aryl methyl sites for hydroxylation is 1. The van der Waals surface area contributed by atoms with E-state index in [0.717, 1.165) is 18.8 Å². The molecule has 0 aliphatic rings. The molecule has 0 radical (unpaired) electrons. The second-order valence-electron chi connectivity index (χ2n) is 4.70. The first-order valence-electron chi connectivity index (χ1n) is 6.41. The molecular weight excluding hydrogens is 236 g/mol. The summed E-state index contributed by atoms with van der Waals surface area (Å²) in [4.78, 5) is 10.8. The number of nitrogens with zero attached hydrogens (tertiary/aromatic N) is 3. The third-order valence-electron chi connectivity index (χ3n) is 3.02. The minimum absolute atomic E-state index is 0.819. The number of hydrogen-bond acceptors (Lipinski definition) is 4. The molecule has 0 atom stereocenters. The van der Waals surface area contributed by atoms with E-state index in [1.165, 1.54) is 16.8 Å². The second-order valence-corrected chi connectivity index (χ2v) is 4.70. The quantitative estimate of drug-likeness (QED) is 0.890. The van der Waals surface area contributed by atoms with Gasteiger partial charge in [-0.2, -0.15) is 0 Å². The lowest BCUT2D eigenvalue weighted by molar-refractivity contribution is 0.798. The first kappa shape index (κ1) is 13.5. The van der Waals surface area contributed by atoms with Crippen molar-refractivity contribution in [1.82, 2.24) is 15.3 Å². The van der Waals surface area contributed by atoms with Crippen molar-refractivity contribution in [2.24, 2.45) is 0 Å². The maximum absolute atomic E-state index is 4.37. The van der Waals surface area contributed by atoms with Gasteiger partial charge in [0.1, 0.15) is 0 Å². The lowest BCUT2D eigenvalue weighted by Gasteiger charge is -2.22. The molecule has 19 heavy (non-hydrogen) atoms. The van der Waals surface area contributed by atoms with Gasteiger partial charge in [-0.3, -0.25) is 9.97 Å². The van der Waals surface area contributed by atoms with Gasteiger partial charge in [0.2, 0.25) is 0 Å². The molecule has 100 valence electrons. The van der Waals surface area contributed by atoms with E-state index in [9.17, 15) is 0 Å². The molecule has 0 aromatic carbocycles. The molecule has 2 aromatic heterocycles. The second kappa shape index (κ2) is 6.29. The molecule has 0 saturated heterocycles. The molecule has 0 aliphatic carbocycles. The summed E-state index contributed by atoms with van der Waals surface area (Å²) in [6.07, 6.45) is 5.65. The highest BCUT2D eigenvalue weighted by molar-refractivity contribution is 5.53. The standard InChI is InChI=1S/C15H20N4/c1-12-7-15(14(9-16-2)10-18-12)19(3)11-13-5-4-6-17-8-13/h4-8,10,16H,9,11H2,1-3H3. The van der Waals surface area contributed by atoms with E-state index in [2.05, 4.69) is 39.4 Å². The number of pyridine rings is 2. The van der Waals surface area contributed by atoms with Gasteiger partial charge in [0.25, 0.3) is 0 Å². The van der Waals surface area contributed by atoms with Crippen molar-refractivity contribution >= 4 is 5.69 Å². The van der Waals surface area contributed by atoms with E-state index in [-0.39, 0.29) is 0 Å². The molecule has 0 aliphatic heterocycles. The minimum atomic E-state index is 0.819. The fourth-order valence-electron chi connectivity index (χ4n) is 2.11. The van der Waals surface area contributed by atoms with Crippen LogP contribution in [0.5, 0.6) is 0 Å². The predicted octanol–water partition coefficient (Wildman–Crippen LogP) is 2.14. The monoisotopic (exact) mass is 256 g/mol. The maximum atomic E-state index is 4.37. The average molecular weight is 256 g/mol. The lowest BCUT2D eigenvalue weighted by Crippen LogP contribution is -2.20. The summed E-state index contributed by atoms with van der Waals surface area (Å²) >= 11 is 0. The zero-order valence-electron chi connectivity index (χ0n) is 11.7. The van der Waals surface area contributed by atoms with Crippen LogP contribution >= 0.6 is 0 Å². The largest absolute Gasteiger partial charge is 0.370 e. The topological polar surface area (TPSA) is 41.1 Å². The maximum Gasteiger partial charge on any atom is 0.0445 e. The summed E-state index contributed by atoms with van der Waals surface area (Å²) in [6, 6.07) is 6.19. The van der Waals surface area contributed by atoms with Gasteiger partial charge in [-0.15, -0.1) is 0 Å². The van der Waals surface area contributed by atoms with E-state index in [1.807, 2.05) is 32.4 Å². The Morgan fingerprint density at radius 1 is 1.32 bits per heavy atom. The first-order valence-corrected chi connectivity index (χ1v) is 6.41. The van der Waals surface area contributed by atoms with Crippen molar-refractivity contribution in [2.75, 3.05) is 19.0 Å². The third-order valence-corrected chi connectivity index (χ3v) is 3.02. The summed E-state index contributed by atoms with van der Waals surface area (Å²) in [5, 5.41) is 3.18. The number of rotatable bonds is 5. The Bertz CT molecular complexity index is 525. The van der Waals surface area contributed by atoms with Crippen LogP contribution in [-0.2, 0) is 13.1 Å². The summed E-state index contributed by atoms with van der Waals surface area (Å²) < 4.78 is 0. The van der Waals surface area contributed by atoms with E-state index >= 15 is 0 Å². The highest BCUT2D eigenvalue weighted by atomic mass is 15.1. The van der Waals surface area contributed by atoms with Crippen LogP contribution in [0.1, 0.15) is 16.8 Å². The molecule has 4 nitrogen and oxygen atoms in total. The molecule has 0 spiro atoms. The van der Waals surface area contributed by atoms with Crippen LogP contribution < -0.4 is 10.2 Å². The fourth-order valence-corrected chi connectivity index (χ4v) is 2.11. The van der Waals surface area contributed by atoms with Gasteiger partial charge in [-0.1, -0.05) is 6.07 Å². The van der Waals surface area contributed by atoms with E-state index in [0.29, 0.717) is 0 Å². The smallest absolute Gasteiger partial charge is 0.0445 e. The van der Waals surface area contributed by atoms with Crippen molar-refractivity contribution in [2.45, 2.75) is 20.0 Å². The van der Waals surface area contributed by atoms with E-state index in [4.69, 9.17) is 0 Å². The summed E-state index contributed by atoms with van der Waals surface area (Å²) in [5.74, 6) is 0. The van der Waals surface area contributed by atoms with Gasteiger partial charge in [-0.05, 0) is 31.7 Å². The molecule has 0 amide bonds. The highest BCUT2D eigenvalue weighted by Crippen LogP contribution is 2.21. The molecule has 2 heterocycles. The Morgan fingerprint density at radius 2 is 2.16 bits per heavy atom. The van der Waals surface area contributed by atoms with E-state index < -0.39 is 0 Å². The zero-order valence-corrected chi connectivity index (χ0v) is 11.7. The fraction of sp³-hybridized carbons (Fsp3) is 0.333. The summed E-state index contributed by atoms with van der Waals surface area (Å²) in [6.45, 7) is 3.68. The van der Waals surface area contributed by atoms with Gasteiger partial charge in [0.05, 0.1) is 0 Å². The van der Waals surface area contributed by atoms with Crippen molar-refractivity contribution in [1.29, 1.82) is 0 Å². The van der Waals surface area contributed by atoms with Crippen LogP contribution in [0.2, 0.25) is 0 Å². The normalized spacial score (nSPS) is 10.5. The zero-order chi connectivity index (χ0) is 13.7. The molecular formula is C15H20N4. The Kier molecular flexibility index (Phi) is 4.47. The van der Waals surface area contributed by atoms with Crippen LogP contribution in [0, 0.1) is 6.92 Å². The molecule has 2 aromatic rings. The SMILES string of the molecule is CNCc1cnc(C)cc1N(C)Cc1cccnc1. The molecule has 0 unspecified atom stereocenters. The number of aromatic nitrogens is 2. The van der Waals surface area contributed by atoms with Gasteiger partial charge < -0.3 is 10.2 Å². The molecule has 4 heteroatoms. The van der Waals surface area contributed by atoms with Gasteiger partial charge in [0.15, 0.2) is 0 Å². The van der Waals surface area contributed by atoms with Crippen molar-refractivity contribution < 1.29 is 0 Å². The lowest BCUT2D eigenvalue weighted by atomic mass is 10.1. The van der Waals surface area contributed by atoms with Crippen LogP contribution in [-0.4, -0.2) is 24.1 Å². The van der Waals surface area contributed by atoms with Crippen LogP contribution in [0.4, 0.5) is 5.69 Å². The Balaban J connectivity index is 2.22. The van der Waals surface area contributed by atoms with Crippen molar-refractivity contribution in [3.8, 4) is 0 Å². The Hall–Kier alpha value is -1.94. The Labute approximate surface area is 114 Å². The van der Waals surface area contributed by atoms with Crippen LogP contribution in [0.3, 0.4) is 0 Å². The van der Waals surface area contributed by atoms with Crippen LogP contribution in [0.25, 0.3) is 0 Å². The highest BCUT2D eigenvalue weighted by Gasteiger charge is 2.08. The number of hydrogen-bond donors (Lipinski definition) is 1. The third kappa shape index (κ3) is 3.51. The van der Waals surface area contributed by atoms with Crippen molar-refractivity contribution in [3.63, 3.8) is 0 Å². The molecule has 2 rings (SSSR count). The first-order chi connectivity index (χ1) is 9.20. The van der Waals surface area contributed by atoms with Crippen molar-refractivity contribution in [3.05, 3.63) is 53.6 Å². The average Bonchev–Trinajstić information content (AvgIpc) is 2.42. The van der Waals surface area contributed by atoms with Gasteiger partial charge in [-0.25, -0.2) is 0 Å². The molecule has 0 bridgehead atoms. The van der Waals surface area contributed by atoms with Gasteiger partial charge >= 0.3 is 0 Å². The van der Waals surface area contributed by atoms with Gasteiger partial charge in [0, 0.05) is 55.7 Å². The molecule has 1 N–H and O–H groups in total. The Morgan fingerprint density at radius 3 is 2.84 bits per heavy atom. The minimum Gasteiger partial charge on any atom is -0.370 e. The van der Waals surface area contributed by atoms with Crippen LogP contribution in [0.15, 0.2) is 36.8 Å². The summed E-state index contributed by atoms with van der Waals surface area (Å²) in [5.41, 5.74) is 4.66. The number of anilines is 1. The molecule has 0 saturated carbocycles. The number of nitrogens with one attached hydrogen (secondary N) is 1. The summed E-state index contributed by atoms with van der Waals surface area (Å²) in [7, 11) is 4.05.